The van der Waals surface area contributed by atoms with Crippen molar-refractivity contribution in [2.24, 2.45) is 0 Å². The molecule has 2 aromatic heterocycles. The second-order valence-electron chi connectivity index (χ2n) is 7.34. The molecule has 0 bridgehead atoms. The zero-order chi connectivity index (χ0) is 23.5. The molecule has 0 radical (unpaired) electrons. The number of nitrogens with one attached hydrogen (secondary N) is 1. The fourth-order valence-corrected chi connectivity index (χ4v) is 3.61. The quantitative estimate of drug-likeness (QED) is 0.397. The molecule has 6 nitrogen and oxygen atoms in total. The monoisotopic (exact) mass is 453 g/mol. The Kier molecular flexibility index (Phi) is 6.30. The molecular weight excluding hydrogens is 431 g/mol. The smallest absolute Gasteiger partial charge is 0.280 e. The van der Waals surface area contributed by atoms with Crippen molar-refractivity contribution in [2.45, 2.75) is 20.3 Å². The van der Waals surface area contributed by atoms with Gasteiger partial charge in [0, 0.05) is 30.0 Å². The highest BCUT2D eigenvalue weighted by Crippen LogP contribution is 2.27. The molecule has 4 aromatic rings. The molecule has 0 saturated carbocycles. The van der Waals surface area contributed by atoms with Gasteiger partial charge in [0.1, 0.15) is 17.1 Å². The third-order valence-electron chi connectivity index (χ3n) is 5.36. The standard InChI is InChI=1S/C24H22F3N5O/c1-3-31(4-2)18-11-9-17(10-12-18)29-24(33)19-14-28-32-21(22(26)27)13-20(30-23(19)32)15-5-7-16(25)8-6-15/h5-14,22H,3-4H2,1-2H3,(H,29,33). The topological polar surface area (TPSA) is 62.5 Å². The lowest BCUT2D eigenvalue weighted by Crippen LogP contribution is -2.21. The van der Waals surface area contributed by atoms with E-state index in [1.807, 2.05) is 12.1 Å². The number of fused-ring (bicyclic) bond motifs is 1. The normalized spacial score (nSPS) is 11.2. The minimum Gasteiger partial charge on any atom is -0.372 e. The number of hydrogen-bond donors (Lipinski definition) is 1. The van der Waals surface area contributed by atoms with Crippen LogP contribution in [0, 0.1) is 5.82 Å². The average Bonchev–Trinajstić information content (AvgIpc) is 3.25. The highest BCUT2D eigenvalue weighted by atomic mass is 19.3. The molecular formula is C24H22F3N5O. The third kappa shape index (κ3) is 4.52. The fourth-order valence-electron chi connectivity index (χ4n) is 3.61. The van der Waals surface area contributed by atoms with E-state index in [-0.39, 0.29) is 16.9 Å². The number of hydrogen-bond acceptors (Lipinski definition) is 4. The number of halogens is 3. The number of carbonyl (C=O) groups is 1. The van der Waals surface area contributed by atoms with Crippen LogP contribution in [0.5, 0.6) is 0 Å². The molecule has 0 atom stereocenters. The van der Waals surface area contributed by atoms with E-state index in [2.05, 4.69) is 34.1 Å². The van der Waals surface area contributed by atoms with Gasteiger partial charge in [0.05, 0.1) is 11.9 Å². The summed E-state index contributed by atoms with van der Waals surface area (Å²) in [7, 11) is 0. The molecule has 0 saturated heterocycles. The highest BCUT2D eigenvalue weighted by molar-refractivity contribution is 6.08. The van der Waals surface area contributed by atoms with Gasteiger partial charge in [-0.3, -0.25) is 4.79 Å². The van der Waals surface area contributed by atoms with Crippen molar-refractivity contribution in [3.8, 4) is 11.3 Å². The lowest BCUT2D eigenvalue weighted by molar-refractivity contribution is 0.102. The maximum atomic E-state index is 13.7. The summed E-state index contributed by atoms with van der Waals surface area (Å²) in [6.07, 6.45) is -1.64. The van der Waals surface area contributed by atoms with Crippen LogP contribution in [-0.4, -0.2) is 33.6 Å². The number of aromatic nitrogens is 3. The van der Waals surface area contributed by atoms with Gasteiger partial charge < -0.3 is 10.2 Å². The molecule has 9 heteroatoms. The van der Waals surface area contributed by atoms with E-state index in [1.54, 1.807) is 12.1 Å². The number of alkyl halides is 2. The van der Waals surface area contributed by atoms with Gasteiger partial charge in [-0.05, 0) is 68.4 Å². The Balaban J connectivity index is 1.68. The highest BCUT2D eigenvalue weighted by Gasteiger charge is 2.21. The molecule has 170 valence electrons. The molecule has 0 aliphatic heterocycles. The van der Waals surface area contributed by atoms with E-state index in [0.29, 0.717) is 11.3 Å². The van der Waals surface area contributed by atoms with Crippen molar-refractivity contribution in [2.75, 3.05) is 23.3 Å². The minimum absolute atomic E-state index is 0.00983. The summed E-state index contributed by atoms with van der Waals surface area (Å²) in [5.41, 5.74) is 1.84. The second kappa shape index (κ2) is 9.32. The Morgan fingerprint density at radius 3 is 2.33 bits per heavy atom. The van der Waals surface area contributed by atoms with E-state index >= 15 is 0 Å². The largest absolute Gasteiger partial charge is 0.372 e. The van der Waals surface area contributed by atoms with Crippen LogP contribution >= 0.6 is 0 Å². The molecule has 0 aliphatic carbocycles. The maximum absolute atomic E-state index is 13.7. The van der Waals surface area contributed by atoms with Crippen molar-refractivity contribution in [1.29, 1.82) is 0 Å². The maximum Gasteiger partial charge on any atom is 0.280 e. The summed E-state index contributed by atoms with van der Waals surface area (Å²) in [6, 6.07) is 13.9. The van der Waals surface area contributed by atoms with Gasteiger partial charge in [-0.2, -0.15) is 5.10 Å². The Morgan fingerprint density at radius 1 is 1.06 bits per heavy atom. The van der Waals surface area contributed by atoms with Crippen molar-refractivity contribution in [3.05, 3.63) is 77.9 Å². The first kappa shape index (κ1) is 22.3. The summed E-state index contributed by atoms with van der Waals surface area (Å²) in [4.78, 5) is 19.5. The second-order valence-corrected chi connectivity index (χ2v) is 7.34. The summed E-state index contributed by atoms with van der Waals surface area (Å²) >= 11 is 0. The Hall–Kier alpha value is -3.88. The Labute approximate surface area is 188 Å². The summed E-state index contributed by atoms with van der Waals surface area (Å²) in [5.74, 6) is -0.977. The number of anilines is 2. The molecule has 4 rings (SSSR count). The Bertz CT molecular complexity index is 1270. The predicted molar refractivity (Wildman–Crippen MR) is 121 cm³/mol. The van der Waals surface area contributed by atoms with Crippen LogP contribution < -0.4 is 10.2 Å². The predicted octanol–water partition coefficient (Wildman–Crippen LogP) is 5.57. The van der Waals surface area contributed by atoms with Gasteiger partial charge in [-0.25, -0.2) is 22.7 Å². The van der Waals surface area contributed by atoms with E-state index in [9.17, 15) is 18.0 Å². The van der Waals surface area contributed by atoms with Gasteiger partial charge in [0.15, 0.2) is 5.65 Å². The first-order valence-corrected chi connectivity index (χ1v) is 10.5. The van der Waals surface area contributed by atoms with E-state index in [0.717, 1.165) is 23.3 Å². The lowest BCUT2D eigenvalue weighted by atomic mass is 10.1. The molecule has 0 unspecified atom stereocenters. The molecule has 0 aliphatic rings. The van der Waals surface area contributed by atoms with Crippen molar-refractivity contribution in [1.82, 2.24) is 14.6 Å². The van der Waals surface area contributed by atoms with Crippen LogP contribution in [0.2, 0.25) is 0 Å². The van der Waals surface area contributed by atoms with Crippen molar-refractivity contribution < 1.29 is 18.0 Å². The number of amides is 1. The van der Waals surface area contributed by atoms with Crippen LogP contribution in [0.15, 0.2) is 60.8 Å². The fraction of sp³-hybridized carbons (Fsp3) is 0.208. The molecule has 2 heterocycles. The summed E-state index contributed by atoms with van der Waals surface area (Å²) in [6.45, 7) is 5.84. The van der Waals surface area contributed by atoms with Gasteiger partial charge in [0.25, 0.3) is 12.3 Å². The minimum atomic E-state index is -2.85. The average molecular weight is 453 g/mol. The molecule has 1 N–H and O–H groups in total. The molecule has 0 fully saturated rings. The van der Waals surface area contributed by atoms with E-state index in [1.165, 1.54) is 36.5 Å². The zero-order valence-corrected chi connectivity index (χ0v) is 18.1. The van der Waals surface area contributed by atoms with Crippen LogP contribution in [-0.2, 0) is 0 Å². The van der Waals surface area contributed by atoms with Crippen LogP contribution in [0.1, 0.15) is 36.3 Å². The van der Waals surface area contributed by atoms with Crippen molar-refractivity contribution >= 4 is 22.9 Å². The van der Waals surface area contributed by atoms with Crippen molar-refractivity contribution in [3.63, 3.8) is 0 Å². The number of rotatable bonds is 7. The summed E-state index contributed by atoms with van der Waals surface area (Å²) in [5, 5.41) is 6.72. The van der Waals surface area contributed by atoms with Crippen LogP contribution in [0.4, 0.5) is 24.5 Å². The van der Waals surface area contributed by atoms with Gasteiger partial charge >= 0.3 is 0 Å². The summed E-state index contributed by atoms with van der Waals surface area (Å²) < 4.78 is 41.7. The first-order chi connectivity index (χ1) is 15.9. The van der Waals surface area contributed by atoms with Crippen LogP contribution in [0.25, 0.3) is 16.9 Å². The van der Waals surface area contributed by atoms with Gasteiger partial charge in [0.2, 0.25) is 0 Å². The zero-order valence-electron chi connectivity index (χ0n) is 18.1. The van der Waals surface area contributed by atoms with Gasteiger partial charge in [-0.15, -0.1) is 0 Å². The number of nitrogens with zero attached hydrogens (tertiary/aromatic N) is 4. The number of benzene rings is 2. The van der Waals surface area contributed by atoms with Crippen LogP contribution in [0.3, 0.4) is 0 Å². The SMILES string of the molecule is CCN(CC)c1ccc(NC(=O)c2cnn3c(C(F)F)cc(-c4ccc(F)cc4)nc23)cc1. The molecule has 33 heavy (non-hydrogen) atoms. The number of carbonyl (C=O) groups excluding carboxylic acids is 1. The van der Waals surface area contributed by atoms with Gasteiger partial charge in [-0.1, -0.05) is 0 Å². The van der Waals surface area contributed by atoms with E-state index in [4.69, 9.17) is 0 Å². The van der Waals surface area contributed by atoms with E-state index < -0.39 is 23.8 Å². The molecule has 2 aromatic carbocycles. The third-order valence-corrected chi connectivity index (χ3v) is 5.36. The first-order valence-electron chi connectivity index (χ1n) is 10.5. The Morgan fingerprint density at radius 2 is 1.73 bits per heavy atom. The lowest BCUT2D eigenvalue weighted by Gasteiger charge is -2.21. The molecule has 0 spiro atoms. The molecule has 1 amide bonds.